The fourth-order valence-electron chi connectivity index (χ4n) is 2.37. The van der Waals surface area contributed by atoms with Crippen molar-refractivity contribution >= 4 is 5.91 Å². The lowest BCUT2D eigenvalue weighted by Crippen LogP contribution is -2.32. The molecule has 146 valence electrons. The van der Waals surface area contributed by atoms with Crippen LogP contribution in [0.4, 0.5) is 0 Å². The maximum atomic E-state index is 12.3. The number of nitrogens with one attached hydrogen (secondary N) is 2. The highest BCUT2D eigenvalue weighted by Gasteiger charge is 2.11. The van der Waals surface area contributed by atoms with Gasteiger partial charge in [0.05, 0.1) is 6.10 Å². The summed E-state index contributed by atoms with van der Waals surface area (Å²) in [7, 11) is 0. The topological polar surface area (TPSA) is 97.0 Å². The lowest BCUT2D eigenvalue weighted by Gasteiger charge is -2.13. The van der Waals surface area contributed by atoms with Crippen LogP contribution >= 0.6 is 0 Å². The third-order valence-electron chi connectivity index (χ3n) is 4.39. The van der Waals surface area contributed by atoms with E-state index in [4.69, 9.17) is 4.74 Å². The zero-order valence-electron chi connectivity index (χ0n) is 16.4. The molecule has 0 aliphatic carbocycles. The molecular formula is C20H28N4O3. The lowest BCUT2D eigenvalue weighted by atomic mass is 10.2. The predicted molar refractivity (Wildman–Crippen MR) is 105 cm³/mol. The van der Waals surface area contributed by atoms with E-state index in [2.05, 4.69) is 27.4 Å². The molecule has 1 aromatic heterocycles. The number of ether oxygens (including phenoxy) is 1. The van der Waals surface area contributed by atoms with E-state index in [1.54, 1.807) is 0 Å². The summed E-state index contributed by atoms with van der Waals surface area (Å²) in [5, 5.41) is 11.0. The summed E-state index contributed by atoms with van der Waals surface area (Å²) in [5.74, 6) is 1.00. The SMILES string of the molecule is CC[C@@H](C)NC(=O)CCc1nnc(-c2cccc(O[C@H](C)CC)c2)[nH]c1=O. The monoisotopic (exact) mass is 372 g/mol. The number of amides is 1. The minimum absolute atomic E-state index is 0.0930. The van der Waals surface area contributed by atoms with Crippen LogP contribution in [0.15, 0.2) is 29.1 Å². The first-order valence-electron chi connectivity index (χ1n) is 9.45. The zero-order chi connectivity index (χ0) is 19.8. The van der Waals surface area contributed by atoms with E-state index in [-0.39, 0.29) is 42.1 Å². The van der Waals surface area contributed by atoms with Gasteiger partial charge in [-0.1, -0.05) is 26.0 Å². The smallest absolute Gasteiger partial charge is 0.273 e. The Kier molecular flexibility index (Phi) is 7.52. The van der Waals surface area contributed by atoms with Gasteiger partial charge in [0.15, 0.2) is 5.82 Å². The van der Waals surface area contributed by atoms with Crippen molar-refractivity contribution in [2.75, 3.05) is 0 Å². The van der Waals surface area contributed by atoms with Gasteiger partial charge in [-0.15, -0.1) is 10.2 Å². The van der Waals surface area contributed by atoms with E-state index in [9.17, 15) is 9.59 Å². The van der Waals surface area contributed by atoms with Gasteiger partial charge in [-0.05, 0) is 38.8 Å². The van der Waals surface area contributed by atoms with Gasteiger partial charge in [0.1, 0.15) is 11.4 Å². The summed E-state index contributed by atoms with van der Waals surface area (Å²) in [6, 6.07) is 7.49. The van der Waals surface area contributed by atoms with Crippen LogP contribution in [0.1, 0.15) is 52.7 Å². The Morgan fingerprint density at radius 3 is 2.67 bits per heavy atom. The Labute approximate surface area is 159 Å². The summed E-state index contributed by atoms with van der Waals surface area (Å²) in [4.78, 5) is 26.9. The van der Waals surface area contributed by atoms with Crippen LogP contribution in [0, 0.1) is 0 Å². The molecule has 7 heteroatoms. The molecule has 0 aliphatic heterocycles. The first-order chi connectivity index (χ1) is 12.9. The van der Waals surface area contributed by atoms with E-state index >= 15 is 0 Å². The van der Waals surface area contributed by atoms with Crippen LogP contribution in [0.3, 0.4) is 0 Å². The Bertz CT molecular complexity index is 819. The van der Waals surface area contributed by atoms with E-state index in [1.165, 1.54) is 0 Å². The summed E-state index contributed by atoms with van der Waals surface area (Å²) in [6.07, 6.45) is 2.33. The third-order valence-corrected chi connectivity index (χ3v) is 4.39. The average molecular weight is 372 g/mol. The molecule has 7 nitrogen and oxygen atoms in total. The van der Waals surface area contributed by atoms with Gasteiger partial charge in [-0.3, -0.25) is 9.59 Å². The zero-order valence-corrected chi connectivity index (χ0v) is 16.4. The Hall–Kier alpha value is -2.70. The summed E-state index contributed by atoms with van der Waals surface area (Å²) in [6.45, 7) is 8.00. The summed E-state index contributed by atoms with van der Waals surface area (Å²) < 4.78 is 5.80. The van der Waals surface area contributed by atoms with Crippen molar-refractivity contribution in [2.24, 2.45) is 0 Å². The van der Waals surface area contributed by atoms with E-state index in [0.717, 1.165) is 24.2 Å². The standard InChI is InChI=1S/C20H28N4O3/c1-5-13(3)21-18(25)11-10-17-20(26)22-19(24-23-17)15-8-7-9-16(12-15)27-14(4)6-2/h7-9,12-14H,5-6,10-11H2,1-4H3,(H,21,25)(H,22,24,26)/t13-,14-/m1/s1. The highest BCUT2D eigenvalue weighted by atomic mass is 16.5. The molecule has 0 aliphatic rings. The van der Waals surface area contributed by atoms with Gasteiger partial charge >= 0.3 is 0 Å². The van der Waals surface area contributed by atoms with Crippen molar-refractivity contribution in [1.29, 1.82) is 0 Å². The van der Waals surface area contributed by atoms with Crippen molar-refractivity contribution in [1.82, 2.24) is 20.5 Å². The second-order valence-electron chi connectivity index (χ2n) is 6.69. The van der Waals surface area contributed by atoms with Crippen molar-refractivity contribution < 1.29 is 9.53 Å². The third kappa shape index (κ3) is 6.20. The first-order valence-corrected chi connectivity index (χ1v) is 9.45. The fraction of sp³-hybridized carbons (Fsp3) is 0.500. The highest BCUT2D eigenvalue weighted by molar-refractivity contribution is 5.76. The molecule has 27 heavy (non-hydrogen) atoms. The van der Waals surface area contributed by atoms with Crippen LogP contribution in [-0.2, 0) is 11.2 Å². The average Bonchev–Trinajstić information content (AvgIpc) is 2.66. The van der Waals surface area contributed by atoms with Gasteiger partial charge in [-0.2, -0.15) is 0 Å². The fourth-order valence-corrected chi connectivity index (χ4v) is 2.37. The Balaban J connectivity index is 2.07. The van der Waals surface area contributed by atoms with E-state index in [0.29, 0.717) is 5.82 Å². The number of benzene rings is 1. The number of hydrogen-bond donors (Lipinski definition) is 2. The summed E-state index contributed by atoms with van der Waals surface area (Å²) in [5.41, 5.74) is 0.649. The van der Waals surface area contributed by atoms with Crippen molar-refractivity contribution in [3.63, 3.8) is 0 Å². The van der Waals surface area contributed by atoms with Crippen LogP contribution in [-0.4, -0.2) is 33.2 Å². The number of carbonyl (C=O) groups excluding carboxylic acids is 1. The second-order valence-corrected chi connectivity index (χ2v) is 6.69. The van der Waals surface area contributed by atoms with Gasteiger partial charge in [0.25, 0.3) is 5.56 Å². The quantitative estimate of drug-likeness (QED) is 0.705. The minimum Gasteiger partial charge on any atom is -0.491 e. The second kappa shape index (κ2) is 9.85. The molecule has 1 aromatic carbocycles. The number of H-pyrrole nitrogens is 1. The maximum Gasteiger partial charge on any atom is 0.273 e. The molecule has 2 atom stereocenters. The Morgan fingerprint density at radius 2 is 2.00 bits per heavy atom. The summed E-state index contributed by atoms with van der Waals surface area (Å²) >= 11 is 0. The number of rotatable bonds is 9. The molecule has 2 aromatic rings. The molecule has 0 radical (unpaired) electrons. The molecule has 0 unspecified atom stereocenters. The molecule has 0 fully saturated rings. The lowest BCUT2D eigenvalue weighted by molar-refractivity contribution is -0.121. The van der Waals surface area contributed by atoms with Gasteiger partial charge in [-0.25, -0.2) is 0 Å². The molecule has 1 heterocycles. The van der Waals surface area contributed by atoms with Crippen LogP contribution < -0.4 is 15.6 Å². The van der Waals surface area contributed by atoms with E-state index in [1.807, 2.05) is 45.0 Å². The highest BCUT2D eigenvalue weighted by Crippen LogP contribution is 2.21. The van der Waals surface area contributed by atoms with Crippen LogP contribution in [0.2, 0.25) is 0 Å². The predicted octanol–water partition coefficient (Wildman–Crippen LogP) is 2.86. The van der Waals surface area contributed by atoms with E-state index < -0.39 is 0 Å². The van der Waals surface area contributed by atoms with Crippen molar-refractivity contribution in [2.45, 2.75) is 65.5 Å². The molecule has 0 bridgehead atoms. The largest absolute Gasteiger partial charge is 0.491 e. The number of hydrogen-bond acceptors (Lipinski definition) is 5. The number of carbonyl (C=O) groups is 1. The first kappa shape index (κ1) is 20.6. The molecule has 2 N–H and O–H groups in total. The van der Waals surface area contributed by atoms with Crippen LogP contribution in [0.5, 0.6) is 5.75 Å². The molecule has 1 amide bonds. The molecule has 0 saturated carbocycles. The molecule has 0 saturated heterocycles. The molecule has 0 spiro atoms. The van der Waals surface area contributed by atoms with Gasteiger partial charge in [0.2, 0.25) is 5.91 Å². The molecule has 2 rings (SSSR count). The number of nitrogens with zero attached hydrogens (tertiary/aromatic N) is 2. The Morgan fingerprint density at radius 1 is 1.22 bits per heavy atom. The maximum absolute atomic E-state index is 12.3. The minimum atomic E-state index is -0.329. The number of aryl methyl sites for hydroxylation is 1. The van der Waals surface area contributed by atoms with Gasteiger partial charge < -0.3 is 15.0 Å². The van der Waals surface area contributed by atoms with Gasteiger partial charge in [0, 0.05) is 24.4 Å². The van der Waals surface area contributed by atoms with Crippen molar-refractivity contribution in [3.05, 3.63) is 40.3 Å². The van der Waals surface area contributed by atoms with Crippen LogP contribution in [0.25, 0.3) is 11.4 Å². The number of aromatic nitrogens is 3. The van der Waals surface area contributed by atoms with Crippen molar-refractivity contribution in [3.8, 4) is 17.1 Å². The molecular weight excluding hydrogens is 344 g/mol. The number of aromatic amines is 1. The normalized spacial score (nSPS) is 13.0.